The summed E-state index contributed by atoms with van der Waals surface area (Å²) in [6, 6.07) is 0.272. The van der Waals surface area contributed by atoms with Crippen LogP contribution in [0.5, 0.6) is 0 Å². The summed E-state index contributed by atoms with van der Waals surface area (Å²) in [6.07, 6.45) is 0.757. The normalized spacial score (nSPS) is 40.5. The number of rotatable bonds is 2. The molecule has 0 radical (unpaired) electrons. The van der Waals surface area contributed by atoms with Gasteiger partial charge in [0.05, 0.1) is 6.10 Å². The van der Waals surface area contributed by atoms with Gasteiger partial charge < -0.3 is 16.2 Å². The number of hydrogen-bond acceptors (Lipinski definition) is 3. The van der Waals surface area contributed by atoms with E-state index in [0.29, 0.717) is 6.54 Å². The van der Waals surface area contributed by atoms with Gasteiger partial charge in [-0.15, -0.1) is 0 Å². The van der Waals surface area contributed by atoms with Crippen LogP contribution in [0, 0.1) is 5.92 Å². The van der Waals surface area contributed by atoms with Crippen molar-refractivity contribution < 1.29 is 5.11 Å². The zero-order chi connectivity index (χ0) is 7.56. The molecule has 0 spiro atoms. The van der Waals surface area contributed by atoms with Gasteiger partial charge in [-0.05, 0) is 13.0 Å². The Bertz CT molecular complexity index is 95.8. The van der Waals surface area contributed by atoms with Gasteiger partial charge in [-0.3, -0.25) is 0 Å². The van der Waals surface area contributed by atoms with E-state index >= 15 is 0 Å². The first-order valence-electron chi connectivity index (χ1n) is 3.91. The third-order valence-electron chi connectivity index (χ3n) is 2.28. The van der Waals surface area contributed by atoms with E-state index in [1.54, 1.807) is 0 Å². The van der Waals surface area contributed by atoms with Crippen LogP contribution in [0.15, 0.2) is 0 Å². The lowest BCUT2D eigenvalue weighted by atomic mass is 10.0. The van der Waals surface area contributed by atoms with Gasteiger partial charge in [0.1, 0.15) is 0 Å². The van der Waals surface area contributed by atoms with E-state index < -0.39 is 0 Å². The number of aliphatic hydroxyl groups excluding tert-OH is 1. The first kappa shape index (κ1) is 7.98. The molecule has 1 saturated heterocycles. The van der Waals surface area contributed by atoms with Gasteiger partial charge in [-0.25, -0.2) is 0 Å². The Balaban J connectivity index is 2.41. The lowest BCUT2D eigenvalue weighted by Gasteiger charge is -2.15. The largest absolute Gasteiger partial charge is 0.391 e. The molecule has 0 bridgehead atoms. The molecule has 3 atom stereocenters. The van der Waals surface area contributed by atoms with Crippen molar-refractivity contribution in [2.24, 2.45) is 11.7 Å². The second-order valence-electron chi connectivity index (χ2n) is 2.91. The molecule has 1 aliphatic rings. The highest BCUT2D eigenvalue weighted by molar-refractivity contribution is 4.89. The van der Waals surface area contributed by atoms with Crippen LogP contribution in [0.25, 0.3) is 0 Å². The molecule has 1 rings (SSSR count). The highest BCUT2D eigenvalue weighted by atomic mass is 16.3. The Morgan fingerprint density at radius 2 is 2.40 bits per heavy atom. The van der Waals surface area contributed by atoms with Crippen molar-refractivity contribution in [1.29, 1.82) is 0 Å². The Morgan fingerprint density at radius 1 is 1.70 bits per heavy atom. The lowest BCUT2D eigenvalue weighted by molar-refractivity contribution is 0.119. The van der Waals surface area contributed by atoms with E-state index in [1.807, 2.05) is 0 Å². The van der Waals surface area contributed by atoms with Crippen LogP contribution in [0.3, 0.4) is 0 Å². The summed E-state index contributed by atoms with van der Waals surface area (Å²) in [5, 5.41) is 12.7. The fraction of sp³-hybridized carbons (Fsp3) is 1.00. The van der Waals surface area contributed by atoms with Gasteiger partial charge in [-0.1, -0.05) is 6.92 Å². The zero-order valence-corrected chi connectivity index (χ0v) is 6.38. The molecule has 60 valence electrons. The molecular formula is C7H16N2O. The summed E-state index contributed by atoms with van der Waals surface area (Å²) >= 11 is 0. The monoisotopic (exact) mass is 144 g/mol. The van der Waals surface area contributed by atoms with Crippen molar-refractivity contribution in [2.75, 3.05) is 13.1 Å². The molecule has 0 saturated carbocycles. The third-order valence-corrected chi connectivity index (χ3v) is 2.28. The van der Waals surface area contributed by atoms with Gasteiger partial charge in [0.15, 0.2) is 0 Å². The minimum atomic E-state index is -0.227. The highest BCUT2D eigenvalue weighted by Crippen LogP contribution is 2.15. The Hall–Kier alpha value is -0.120. The van der Waals surface area contributed by atoms with Gasteiger partial charge in [0.25, 0.3) is 0 Å². The van der Waals surface area contributed by atoms with E-state index in [1.165, 1.54) is 0 Å². The van der Waals surface area contributed by atoms with Gasteiger partial charge in [0, 0.05) is 18.5 Å². The quantitative estimate of drug-likeness (QED) is 0.480. The molecule has 1 fully saturated rings. The van der Waals surface area contributed by atoms with E-state index in [4.69, 9.17) is 5.73 Å². The van der Waals surface area contributed by atoms with E-state index in [9.17, 15) is 5.11 Å². The molecule has 1 aliphatic heterocycles. The summed E-state index contributed by atoms with van der Waals surface area (Å²) < 4.78 is 0. The van der Waals surface area contributed by atoms with E-state index in [2.05, 4.69) is 12.2 Å². The SMILES string of the molecule is CC[C@H]1NC[C@H](CN)[C@@H]1O. The van der Waals surface area contributed by atoms with Gasteiger partial charge in [-0.2, -0.15) is 0 Å². The van der Waals surface area contributed by atoms with Crippen LogP contribution in [-0.4, -0.2) is 30.3 Å². The lowest BCUT2D eigenvalue weighted by Crippen LogP contribution is -2.32. The van der Waals surface area contributed by atoms with Gasteiger partial charge >= 0.3 is 0 Å². The average molecular weight is 144 g/mol. The first-order valence-corrected chi connectivity index (χ1v) is 3.91. The van der Waals surface area contributed by atoms with Crippen molar-refractivity contribution in [3.63, 3.8) is 0 Å². The summed E-state index contributed by atoms with van der Waals surface area (Å²) in [5.41, 5.74) is 5.44. The molecule has 0 aromatic carbocycles. The standard InChI is InChI=1S/C7H16N2O/c1-2-6-7(10)5(3-8)4-9-6/h5-7,9-10H,2-4,8H2,1H3/t5-,6+,7-/m0/s1. The topological polar surface area (TPSA) is 58.3 Å². The molecule has 3 nitrogen and oxygen atoms in total. The fourth-order valence-corrected chi connectivity index (χ4v) is 1.48. The molecule has 10 heavy (non-hydrogen) atoms. The summed E-state index contributed by atoms with van der Waals surface area (Å²) in [6.45, 7) is 3.53. The summed E-state index contributed by atoms with van der Waals surface area (Å²) in [7, 11) is 0. The van der Waals surface area contributed by atoms with Crippen LogP contribution >= 0.6 is 0 Å². The Kier molecular flexibility index (Phi) is 2.65. The summed E-state index contributed by atoms with van der Waals surface area (Å²) in [5.74, 6) is 0.268. The van der Waals surface area contributed by atoms with Crippen molar-refractivity contribution in [2.45, 2.75) is 25.5 Å². The molecule has 3 heteroatoms. The van der Waals surface area contributed by atoms with Crippen LogP contribution in [-0.2, 0) is 0 Å². The summed E-state index contributed by atoms with van der Waals surface area (Å²) in [4.78, 5) is 0. The van der Waals surface area contributed by atoms with E-state index in [0.717, 1.165) is 13.0 Å². The number of nitrogens with two attached hydrogens (primary N) is 1. The fourth-order valence-electron chi connectivity index (χ4n) is 1.48. The van der Waals surface area contributed by atoms with E-state index in [-0.39, 0.29) is 18.1 Å². The first-order chi connectivity index (χ1) is 4.79. The third kappa shape index (κ3) is 1.31. The van der Waals surface area contributed by atoms with Crippen molar-refractivity contribution in [3.05, 3.63) is 0 Å². The molecule has 1 heterocycles. The number of aliphatic hydroxyl groups is 1. The highest BCUT2D eigenvalue weighted by Gasteiger charge is 2.31. The maximum absolute atomic E-state index is 9.51. The number of nitrogens with one attached hydrogen (secondary N) is 1. The predicted molar refractivity (Wildman–Crippen MR) is 40.6 cm³/mol. The van der Waals surface area contributed by atoms with Crippen LogP contribution < -0.4 is 11.1 Å². The maximum atomic E-state index is 9.51. The van der Waals surface area contributed by atoms with Crippen molar-refractivity contribution >= 4 is 0 Å². The van der Waals surface area contributed by atoms with Crippen LogP contribution in [0.1, 0.15) is 13.3 Å². The molecular weight excluding hydrogens is 128 g/mol. The molecule has 0 amide bonds. The maximum Gasteiger partial charge on any atom is 0.0745 e. The van der Waals surface area contributed by atoms with Gasteiger partial charge in [0.2, 0.25) is 0 Å². The zero-order valence-electron chi connectivity index (χ0n) is 6.38. The minimum Gasteiger partial charge on any atom is -0.391 e. The Morgan fingerprint density at radius 3 is 2.70 bits per heavy atom. The smallest absolute Gasteiger partial charge is 0.0745 e. The predicted octanol–water partition coefficient (Wildman–Crippen LogP) is -0.696. The Labute approximate surface area is 61.6 Å². The molecule has 0 aromatic heterocycles. The molecule has 0 aromatic rings. The van der Waals surface area contributed by atoms with Crippen LogP contribution in [0.4, 0.5) is 0 Å². The second-order valence-corrected chi connectivity index (χ2v) is 2.91. The molecule has 0 unspecified atom stereocenters. The molecule has 4 N–H and O–H groups in total. The minimum absolute atomic E-state index is 0.227. The molecule has 0 aliphatic carbocycles. The number of hydrogen-bond donors (Lipinski definition) is 3. The second kappa shape index (κ2) is 3.32. The van der Waals surface area contributed by atoms with Crippen LogP contribution in [0.2, 0.25) is 0 Å². The van der Waals surface area contributed by atoms with Crippen molar-refractivity contribution in [1.82, 2.24) is 5.32 Å². The van der Waals surface area contributed by atoms with Crippen molar-refractivity contribution in [3.8, 4) is 0 Å². The average Bonchev–Trinajstić information content (AvgIpc) is 2.30.